The zero-order valence-corrected chi connectivity index (χ0v) is 13.8. The van der Waals surface area contributed by atoms with Gasteiger partial charge in [-0.15, -0.1) is 0 Å². The molecular weight excluding hydrogens is 327 g/mol. The molecular formula is C12H18F3NO3S2. The smallest absolute Gasteiger partial charge is 0.411 e. The third-order valence-corrected chi connectivity index (χ3v) is 4.11. The minimum absolute atomic E-state index is 0.00925. The lowest BCUT2D eigenvalue weighted by atomic mass is 10.00. The highest BCUT2D eigenvalue weighted by Crippen LogP contribution is 2.44. The van der Waals surface area contributed by atoms with Crippen molar-refractivity contribution in [2.45, 2.75) is 44.8 Å². The standard InChI is InChI=1S/C12H18F3NO3S2/c1-5-18-10(20)21-8-7(12(13,14)15)6-16(8)9(17)19-11(2,3)4/h7-8H,5-6H2,1-4H3/t7-,8+/m0/s1. The Bertz CT molecular complexity index is 410. The van der Waals surface area contributed by atoms with Gasteiger partial charge in [0.1, 0.15) is 16.9 Å². The van der Waals surface area contributed by atoms with Crippen LogP contribution in [0.4, 0.5) is 18.0 Å². The molecule has 122 valence electrons. The minimum atomic E-state index is -4.39. The molecule has 21 heavy (non-hydrogen) atoms. The largest absolute Gasteiger partial charge is 0.479 e. The van der Waals surface area contributed by atoms with E-state index in [4.69, 9.17) is 21.7 Å². The minimum Gasteiger partial charge on any atom is -0.479 e. The molecule has 1 rings (SSSR count). The lowest BCUT2D eigenvalue weighted by Crippen LogP contribution is -2.62. The van der Waals surface area contributed by atoms with Crippen LogP contribution in [0.2, 0.25) is 0 Å². The maximum atomic E-state index is 12.9. The third-order valence-electron chi connectivity index (χ3n) is 2.57. The number of thioether (sulfide) groups is 1. The van der Waals surface area contributed by atoms with E-state index in [1.807, 2.05) is 0 Å². The van der Waals surface area contributed by atoms with Crippen molar-refractivity contribution < 1.29 is 27.4 Å². The van der Waals surface area contributed by atoms with Gasteiger partial charge in [-0.1, -0.05) is 11.8 Å². The molecule has 1 amide bonds. The number of carbonyl (C=O) groups excluding carboxylic acids is 1. The molecule has 0 bridgehead atoms. The Balaban J connectivity index is 2.76. The summed E-state index contributed by atoms with van der Waals surface area (Å²) in [6, 6.07) is 0. The lowest BCUT2D eigenvalue weighted by Gasteiger charge is -2.47. The molecule has 4 nitrogen and oxygen atoms in total. The van der Waals surface area contributed by atoms with E-state index in [0.717, 1.165) is 16.7 Å². The van der Waals surface area contributed by atoms with E-state index in [2.05, 4.69) is 0 Å². The second-order valence-electron chi connectivity index (χ2n) is 5.47. The predicted octanol–water partition coefficient (Wildman–Crippen LogP) is 3.80. The van der Waals surface area contributed by atoms with Gasteiger partial charge in [0, 0.05) is 6.54 Å². The van der Waals surface area contributed by atoms with Gasteiger partial charge in [-0.25, -0.2) is 4.79 Å². The zero-order chi connectivity index (χ0) is 16.4. The van der Waals surface area contributed by atoms with E-state index in [1.165, 1.54) is 0 Å². The zero-order valence-electron chi connectivity index (χ0n) is 12.2. The van der Waals surface area contributed by atoms with Crippen molar-refractivity contribution in [2.24, 2.45) is 5.92 Å². The number of hydrogen-bond donors (Lipinski definition) is 0. The van der Waals surface area contributed by atoms with E-state index in [0.29, 0.717) is 0 Å². The number of thiocarbonyl (C=S) groups is 1. The molecule has 1 fully saturated rings. The first-order chi connectivity index (χ1) is 9.45. The van der Waals surface area contributed by atoms with Gasteiger partial charge in [0.15, 0.2) is 0 Å². The number of hydrogen-bond acceptors (Lipinski definition) is 5. The summed E-state index contributed by atoms with van der Waals surface area (Å²) >= 11 is 5.57. The molecule has 1 aliphatic rings. The highest BCUT2D eigenvalue weighted by molar-refractivity contribution is 8.23. The molecule has 0 N–H and O–H groups in total. The fraction of sp³-hybridized carbons (Fsp3) is 0.833. The highest BCUT2D eigenvalue weighted by Gasteiger charge is 2.57. The molecule has 0 spiro atoms. The second kappa shape index (κ2) is 6.60. The maximum Gasteiger partial charge on any atom is 0.411 e. The van der Waals surface area contributed by atoms with Gasteiger partial charge in [-0.2, -0.15) is 13.2 Å². The van der Waals surface area contributed by atoms with Crippen molar-refractivity contribution in [1.82, 2.24) is 4.90 Å². The number of carbonyl (C=O) groups is 1. The summed E-state index contributed by atoms with van der Waals surface area (Å²) in [5, 5.41) is -1.14. The Morgan fingerprint density at radius 2 is 1.95 bits per heavy atom. The summed E-state index contributed by atoms with van der Waals surface area (Å²) in [7, 11) is 0. The molecule has 9 heteroatoms. The monoisotopic (exact) mass is 345 g/mol. The van der Waals surface area contributed by atoms with Crippen molar-refractivity contribution in [3.8, 4) is 0 Å². The van der Waals surface area contributed by atoms with E-state index in [-0.39, 0.29) is 11.0 Å². The Morgan fingerprint density at radius 1 is 1.38 bits per heavy atom. The van der Waals surface area contributed by atoms with Crippen LogP contribution in [0, 0.1) is 5.92 Å². The number of amides is 1. The van der Waals surface area contributed by atoms with Crippen LogP contribution in [0.3, 0.4) is 0 Å². The molecule has 1 aliphatic heterocycles. The van der Waals surface area contributed by atoms with Crippen LogP contribution in [0.1, 0.15) is 27.7 Å². The number of rotatable bonds is 2. The molecule has 0 aromatic heterocycles. The van der Waals surface area contributed by atoms with Crippen LogP contribution >= 0.6 is 24.0 Å². The first kappa shape index (κ1) is 18.3. The van der Waals surface area contributed by atoms with E-state index < -0.39 is 35.7 Å². The van der Waals surface area contributed by atoms with Gasteiger partial charge in [-0.3, -0.25) is 4.90 Å². The third kappa shape index (κ3) is 5.21. The topological polar surface area (TPSA) is 38.8 Å². The summed E-state index contributed by atoms with van der Waals surface area (Å²) < 4.78 is 48.7. The fourth-order valence-electron chi connectivity index (χ4n) is 1.65. The molecule has 0 saturated carbocycles. The number of nitrogens with zero attached hydrogens (tertiary/aromatic N) is 1. The molecule has 1 heterocycles. The molecule has 0 aromatic rings. The van der Waals surface area contributed by atoms with Gasteiger partial charge in [0.05, 0.1) is 6.61 Å². The fourth-order valence-corrected chi connectivity index (χ4v) is 3.15. The first-order valence-electron chi connectivity index (χ1n) is 6.35. The quantitative estimate of drug-likeness (QED) is 0.712. The van der Waals surface area contributed by atoms with Crippen LogP contribution in [-0.2, 0) is 9.47 Å². The molecule has 0 aliphatic carbocycles. The van der Waals surface area contributed by atoms with Crippen LogP contribution in [0.25, 0.3) is 0 Å². The second-order valence-corrected chi connectivity index (χ2v) is 7.19. The van der Waals surface area contributed by atoms with Crippen molar-refractivity contribution in [1.29, 1.82) is 0 Å². The van der Waals surface area contributed by atoms with E-state index in [1.54, 1.807) is 27.7 Å². The first-order valence-corrected chi connectivity index (χ1v) is 7.64. The summed E-state index contributed by atoms with van der Waals surface area (Å²) in [4.78, 5) is 12.9. The van der Waals surface area contributed by atoms with Gasteiger partial charge in [-0.05, 0) is 39.9 Å². The summed E-state index contributed by atoms with van der Waals surface area (Å²) in [6.45, 7) is 6.48. The van der Waals surface area contributed by atoms with Gasteiger partial charge in [0.25, 0.3) is 0 Å². The number of likely N-dealkylation sites (tertiary alicyclic amines) is 1. The van der Waals surface area contributed by atoms with Gasteiger partial charge >= 0.3 is 12.3 Å². The maximum absolute atomic E-state index is 12.9. The Morgan fingerprint density at radius 3 is 2.38 bits per heavy atom. The molecule has 0 aromatic carbocycles. The van der Waals surface area contributed by atoms with E-state index >= 15 is 0 Å². The van der Waals surface area contributed by atoms with E-state index in [9.17, 15) is 18.0 Å². The predicted molar refractivity (Wildman–Crippen MR) is 78.1 cm³/mol. The van der Waals surface area contributed by atoms with Crippen molar-refractivity contribution in [3.05, 3.63) is 0 Å². The molecule has 2 atom stereocenters. The lowest BCUT2D eigenvalue weighted by molar-refractivity contribution is -0.211. The number of halogens is 3. The van der Waals surface area contributed by atoms with Crippen molar-refractivity contribution in [3.63, 3.8) is 0 Å². The Labute approximate surface area is 131 Å². The van der Waals surface area contributed by atoms with Crippen LogP contribution < -0.4 is 0 Å². The SMILES string of the molecule is CCOC(=S)S[C@@H]1[C@@H](C(F)(F)F)CN1C(=O)OC(C)(C)C. The molecule has 0 radical (unpaired) electrons. The normalized spacial score (nSPS) is 22.5. The molecule has 1 saturated heterocycles. The number of ether oxygens (including phenoxy) is 2. The van der Waals surface area contributed by atoms with Gasteiger partial charge < -0.3 is 9.47 Å². The van der Waals surface area contributed by atoms with Crippen LogP contribution in [0.5, 0.6) is 0 Å². The average molecular weight is 345 g/mol. The van der Waals surface area contributed by atoms with Crippen LogP contribution in [-0.4, -0.2) is 45.7 Å². The average Bonchev–Trinajstić information content (AvgIpc) is 2.20. The molecule has 0 unspecified atom stereocenters. The summed E-state index contributed by atoms with van der Waals surface area (Å²) in [5.41, 5.74) is -0.768. The Kier molecular flexibility index (Phi) is 5.76. The Hall–Kier alpha value is -0.700. The van der Waals surface area contributed by atoms with Crippen molar-refractivity contribution in [2.75, 3.05) is 13.2 Å². The highest BCUT2D eigenvalue weighted by atomic mass is 32.2. The summed E-state index contributed by atoms with van der Waals surface area (Å²) in [6.07, 6.45) is -5.17. The van der Waals surface area contributed by atoms with Crippen LogP contribution in [0.15, 0.2) is 0 Å². The summed E-state index contributed by atoms with van der Waals surface area (Å²) in [5.74, 6) is -1.63. The van der Waals surface area contributed by atoms with Gasteiger partial charge in [0.2, 0.25) is 4.38 Å². The van der Waals surface area contributed by atoms with Crippen molar-refractivity contribution >= 4 is 34.5 Å². The number of alkyl halides is 3.